The summed E-state index contributed by atoms with van der Waals surface area (Å²) in [7, 11) is 0. The van der Waals surface area contributed by atoms with Crippen LogP contribution in [0, 0.1) is 6.92 Å². The Hall–Kier alpha value is -2.71. The van der Waals surface area contributed by atoms with Gasteiger partial charge in [0.25, 0.3) is 5.56 Å². The Balaban J connectivity index is 1.77. The van der Waals surface area contributed by atoms with Crippen molar-refractivity contribution in [1.82, 2.24) is 9.55 Å². The van der Waals surface area contributed by atoms with E-state index in [0.717, 1.165) is 4.57 Å². The number of aliphatic hydroxyl groups is 1. The summed E-state index contributed by atoms with van der Waals surface area (Å²) in [6.45, 7) is 1.47. The second-order valence-corrected chi connectivity index (χ2v) is 5.50. The molecule has 8 nitrogen and oxygen atoms in total. The number of carbonyl (C=O) groups excluding carboxylic acids is 1. The van der Waals surface area contributed by atoms with Crippen LogP contribution < -0.4 is 11.2 Å². The van der Waals surface area contributed by atoms with Crippen molar-refractivity contribution in [2.45, 2.75) is 25.4 Å². The van der Waals surface area contributed by atoms with Gasteiger partial charge >= 0.3 is 11.7 Å². The maximum absolute atomic E-state index is 12.1. The third kappa shape index (κ3) is 3.01. The Morgan fingerprint density at radius 3 is 2.75 bits per heavy atom. The maximum atomic E-state index is 12.1. The molecule has 1 aromatic carbocycles. The summed E-state index contributed by atoms with van der Waals surface area (Å²) >= 11 is 0. The maximum Gasteiger partial charge on any atom is 0.338 e. The lowest BCUT2D eigenvalue weighted by atomic mass is 10.2. The number of nitrogens with zero attached hydrogens (tertiary/aromatic N) is 1. The molecule has 1 aromatic heterocycles. The second-order valence-electron chi connectivity index (χ2n) is 5.50. The van der Waals surface area contributed by atoms with Crippen molar-refractivity contribution < 1.29 is 19.4 Å². The average Bonchev–Trinajstić information content (AvgIpc) is 2.92. The molecule has 2 aromatic rings. The minimum Gasteiger partial charge on any atom is -0.453 e. The summed E-state index contributed by atoms with van der Waals surface area (Å²) in [6.07, 6.45) is -1.89. The van der Waals surface area contributed by atoms with Crippen molar-refractivity contribution in [2.75, 3.05) is 6.61 Å². The first-order chi connectivity index (χ1) is 11.5. The number of nitrogens with one attached hydrogen (secondary N) is 1. The number of ether oxygens (including phenoxy) is 2. The third-order valence-electron chi connectivity index (χ3n) is 3.79. The van der Waals surface area contributed by atoms with Gasteiger partial charge in [0.1, 0.15) is 6.10 Å². The molecule has 24 heavy (non-hydrogen) atoms. The summed E-state index contributed by atoms with van der Waals surface area (Å²) in [5.41, 5.74) is -0.555. The summed E-state index contributed by atoms with van der Waals surface area (Å²) < 4.78 is 11.7. The van der Waals surface area contributed by atoms with E-state index in [0.29, 0.717) is 11.1 Å². The summed E-state index contributed by atoms with van der Waals surface area (Å²) in [5.74, 6) is -0.589. The number of benzene rings is 1. The highest BCUT2D eigenvalue weighted by atomic mass is 16.6. The molecule has 1 fully saturated rings. The quantitative estimate of drug-likeness (QED) is 0.763. The lowest BCUT2D eigenvalue weighted by Gasteiger charge is -2.19. The van der Waals surface area contributed by atoms with E-state index in [2.05, 4.69) is 4.98 Å². The zero-order valence-corrected chi connectivity index (χ0v) is 12.8. The number of rotatable bonds is 3. The van der Waals surface area contributed by atoms with Gasteiger partial charge in [-0.05, 0) is 19.1 Å². The van der Waals surface area contributed by atoms with Gasteiger partial charge in [0, 0.05) is 11.8 Å². The van der Waals surface area contributed by atoms with Crippen molar-refractivity contribution in [2.24, 2.45) is 0 Å². The number of aromatic nitrogens is 2. The molecule has 3 rings (SSSR count). The van der Waals surface area contributed by atoms with E-state index in [-0.39, 0.29) is 6.61 Å². The lowest BCUT2D eigenvalue weighted by molar-refractivity contribution is -0.0284. The minimum atomic E-state index is -1.24. The highest BCUT2D eigenvalue weighted by molar-refractivity contribution is 5.89. The van der Waals surface area contributed by atoms with Gasteiger partial charge in [-0.25, -0.2) is 9.59 Å². The van der Waals surface area contributed by atoms with Crippen molar-refractivity contribution in [3.05, 3.63) is 68.5 Å². The number of aromatic amines is 1. The van der Waals surface area contributed by atoms with Crippen molar-refractivity contribution in [3.8, 4) is 0 Å². The van der Waals surface area contributed by atoms with E-state index in [1.165, 1.54) is 13.1 Å². The van der Waals surface area contributed by atoms with Crippen LogP contribution in [-0.2, 0) is 9.47 Å². The monoisotopic (exact) mass is 332 g/mol. The summed E-state index contributed by atoms with van der Waals surface area (Å²) in [4.78, 5) is 37.5. The first kappa shape index (κ1) is 16.2. The first-order valence-electron chi connectivity index (χ1n) is 7.35. The van der Waals surface area contributed by atoms with Crippen LogP contribution in [0.2, 0.25) is 0 Å². The summed E-state index contributed by atoms with van der Waals surface area (Å²) in [5, 5.41) is 10.3. The van der Waals surface area contributed by atoms with Crippen LogP contribution in [0.5, 0.6) is 0 Å². The highest BCUT2D eigenvalue weighted by Gasteiger charge is 2.40. The van der Waals surface area contributed by atoms with Gasteiger partial charge in [0.15, 0.2) is 12.3 Å². The Morgan fingerprint density at radius 2 is 2.04 bits per heavy atom. The van der Waals surface area contributed by atoms with Crippen LogP contribution in [0.3, 0.4) is 0 Å². The second kappa shape index (κ2) is 6.42. The molecule has 0 spiro atoms. The van der Waals surface area contributed by atoms with E-state index in [1.807, 2.05) is 0 Å². The molecular formula is C16H16N2O6. The van der Waals surface area contributed by atoms with Crippen LogP contribution in [-0.4, -0.2) is 39.4 Å². The largest absolute Gasteiger partial charge is 0.453 e. The summed E-state index contributed by atoms with van der Waals surface area (Å²) in [6, 6.07) is 8.36. The number of aryl methyl sites for hydroxylation is 1. The molecule has 2 heterocycles. The van der Waals surface area contributed by atoms with E-state index in [9.17, 15) is 19.5 Å². The fourth-order valence-corrected chi connectivity index (χ4v) is 2.48. The van der Waals surface area contributed by atoms with Crippen molar-refractivity contribution in [3.63, 3.8) is 0 Å². The Morgan fingerprint density at radius 1 is 1.33 bits per heavy atom. The smallest absolute Gasteiger partial charge is 0.338 e. The van der Waals surface area contributed by atoms with Gasteiger partial charge in [-0.1, -0.05) is 18.2 Å². The zero-order chi connectivity index (χ0) is 17.3. The van der Waals surface area contributed by atoms with Gasteiger partial charge in [-0.3, -0.25) is 14.3 Å². The molecule has 1 aliphatic heterocycles. The zero-order valence-electron chi connectivity index (χ0n) is 12.8. The van der Waals surface area contributed by atoms with Gasteiger partial charge in [-0.15, -0.1) is 0 Å². The molecule has 1 aliphatic rings. The predicted octanol–water partition coefficient (Wildman–Crippen LogP) is -0.0397. The molecule has 0 aliphatic carbocycles. The topological polar surface area (TPSA) is 111 Å². The fourth-order valence-electron chi connectivity index (χ4n) is 2.48. The molecule has 126 valence electrons. The Bertz CT molecular complexity index is 857. The van der Waals surface area contributed by atoms with Crippen LogP contribution in [0.4, 0.5) is 0 Å². The molecule has 0 saturated carbocycles. The van der Waals surface area contributed by atoms with E-state index < -0.39 is 35.7 Å². The molecule has 1 saturated heterocycles. The van der Waals surface area contributed by atoms with E-state index in [4.69, 9.17) is 9.47 Å². The number of hydrogen-bond acceptors (Lipinski definition) is 6. The van der Waals surface area contributed by atoms with Gasteiger partial charge < -0.3 is 14.6 Å². The number of aliphatic hydroxyl groups excluding tert-OH is 1. The molecule has 0 unspecified atom stereocenters. The average molecular weight is 332 g/mol. The van der Waals surface area contributed by atoms with Gasteiger partial charge in [-0.2, -0.15) is 0 Å². The fraction of sp³-hybridized carbons (Fsp3) is 0.312. The SMILES string of the molecule is Cc1cn([C@@H]2OC[C@H](OC(=O)c3ccccc3)[C@H]2O)c(=O)[nH]c1=O. The highest BCUT2D eigenvalue weighted by Crippen LogP contribution is 2.25. The number of hydrogen-bond donors (Lipinski definition) is 2. The lowest BCUT2D eigenvalue weighted by Crippen LogP contribution is -2.39. The van der Waals surface area contributed by atoms with Gasteiger partial charge in [0.2, 0.25) is 0 Å². The molecule has 0 radical (unpaired) electrons. The first-order valence-corrected chi connectivity index (χ1v) is 7.35. The van der Waals surface area contributed by atoms with Crippen LogP contribution >= 0.6 is 0 Å². The standard InChI is InChI=1S/C16H16N2O6/c1-9-7-18(16(22)17-13(9)20)14-12(19)11(8-23-14)24-15(21)10-5-3-2-4-6-10/h2-7,11-12,14,19H,8H2,1H3,(H,17,20,22)/t11-,12+,14+/m0/s1. The minimum absolute atomic E-state index is 0.0605. The third-order valence-corrected chi connectivity index (χ3v) is 3.79. The Kier molecular flexibility index (Phi) is 4.32. The van der Waals surface area contributed by atoms with Crippen LogP contribution in [0.15, 0.2) is 46.1 Å². The molecule has 3 atom stereocenters. The predicted molar refractivity (Wildman–Crippen MR) is 82.7 cm³/mol. The normalized spacial score (nSPS) is 23.2. The number of carbonyl (C=O) groups is 1. The van der Waals surface area contributed by atoms with Gasteiger partial charge in [0.05, 0.1) is 12.2 Å². The molecule has 8 heteroatoms. The van der Waals surface area contributed by atoms with Crippen LogP contribution in [0.25, 0.3) is 0 Å². The number of H-pyrrole nitrogens is 1. The number of esters is 1. The van der Waals surface area contributed by atoms with E-state index >= 15 is 0 Å². The van der Waals surface area contributed by atoms with Crippen molar-refractivity contribution >= 4 is 5.97 Å². The molecule has 0 amide bonds. The molecule has 0 bridgehead atoms. The Labute approximate surface area is 136 Å². The molecular weight excluding hydrogens is 316 g/mol. The van der Waals surface area contributed by atoms with Crippen molar-refractivity contribution in [1.29, 1.82) is 0 Å². The van der Waals surface area contributed by atoms with E-state index in [1.54, 1.807) is 30.3 Å². The van der Waals surface area contributed by atoms with Crippen LogP contribution in [0.1, 0.15) is 22.1 Å². The molecule has 2 N–H and O–H groups in total.